The van der Waals surface area contributed by atoms with Crippen LogP contribution in [0.15, 0.2) is 18.2 Å². The molecule has 5 heteroatoms. The summed E-state index contributed by atoms with van der Waals surface area (Å²) in [6, 6.07) is 2.98. The van der Waals surface area contributed by atoms with Crippen LogP contribution in [0.3, 0.4) is 0 Å². The first-order valence-electron chi connectivity index (χ1n) is 5.99. The van der Waals surface area contributed by atoms with Gasteiger partial charge in [-0.05, 0) is 37.5 Å². The third-order valence-corrected chi connectivity index (χ3v) is 2.78. The maximum absolute atomic E-state index is 13.2. The molecule has 0 aromatic heterocycles. The van der Waals surface area contributed by atoms with E-state index in [1.807, 2.05) is 0 Å². The fraction of sp³-hybridized carbons (Fsp3) is 0.462. The largest absolute Gasteiger partial charge is 0.465 e. The molecule has 1 N–H and O–H groups in total. The number of hydrogen-bond donors (Lipinski definition) is 1. The van der Waals surface area contributed by atoms with E-state index in [0.29, 0.717) is 5.56 Å². The van der Waals surface area contributed by atoms with Gasteiger partial charge in [0.05, 0.1) is 6.61 Å². The van der Waals surface area contributed by atoms with Crippen LogP contribution in [-0.4, -0.2) is 18.6 Å². The third-order valence-electron chi connectivity index (χ3n) is 2.78. The van der Waals surface area contributed by atoms with E-state index in [9.17, 15) is 13.6 Å². The predicted molar refractivity (Wildman–Crippen MR) is 61.9 cm³/mol. The van der Waals surface area contributed by atoms with E-state index in [1.165, 1.54) is 6.07 Å². The molecule has 1 aromatic carbocycles. The molecule has 1 aliphatic rings. The first kappa shape index (κ1) is 13.0. The molecule has 18 heavy (non-hydrogen) atoms. The molecule has 0 aliphatic heterocycles. The number of carbonyl (C=O) groups excluding carboxylic acids is 1. The van der Waals surface area contributed by atoms with Gasteiger partial charge in [-0.3, -0.25) is 5.32 Å². The van der Waals surface area contributed by atoms with Gasteiger partial charge in [-0.15, -0.1) is 0 Å². The van der Waals surface area contributed by atoms with Crippen LogP contribution in [0.4, 0.5) is 8.78 Å². The van der Waals surface area contributed by atoms with Crippen molar-refractivity contribution in [3.8, 4) is 0 Å². The highest BCUT2D eigenvalue weighted by molar-refractivity contribution is 5.77. The van der Waals surface area contributed by atoms with Crippen molar-refractivity contribution >= 4 is 5.97 Å². The molecular formula is C13H15F2NO2. The number of hydrogen-bond acceptors (Lipinski definition) is 3. The minimum atomic E-state index is -0.959. The second-order valence-electron chi connectivity index (χ2n) is 4.30. The van der Waals surface area contributed by atoms with Crippen molar-refractivity contribution in [2.45, 2.75) is 31.8 Å². The summed E-state index contributed by atoms with van der Waals surface area (Å²) >= 11 is 0. The van der Waals surface area contributed by atoms with E-state index in [0.717, 1.165) is 25.0 Å². The fourth-order valence-electron chi connectivity index (χ4n) is 1.70. The molecule has 1 atom stereocenters. The number of carbonyl (C=O) groups is 1. The van der Waals surface area contributed by atoms with E-state index >= 15 is 0 Å². The second-order valence-corrected chi connectivity index (χ2v) is 4.30. The number of ether oxygens (including phenoxy) is 1. The Hall–Kier alpha value is -1.49. The highest BCUT2D eigenvalue weighted by Crippen LogP contribution is 2.25. The Balaban J connectivity index is 2.20. The number of benzene rings is 1. The maximum atomic E-state index is 13.2. The van der Waals surface area contributed by atoms with Crippen LogP contribution >= 0.6 is 0 Å². The lowest BCUT2D eigenvalue weighted by Crippen LogP contribution is -2.31. The van der Waals surface area contributed by atoms with Gasteiger partial charge in [0.15, 0.2) is 11.6 Å². The van der Waals surface area contributed by atoms with Gasteiger partial charge in [-0.25, -0.2) is 13.6 Å². The molecule has 1 aliphatic carbocycles. The van der Waals surface area contributed by atoms with E-state index in [-0.39, 0.29) is 12.6 Å². The Bertz CT molecular complexity index is 447. The summed E-state index contributed by atoms with van der Waals surface area (Å²) in [5.41, 5.74) is 0.388. The van der Waals surface area contributed by atoms with Crippen LogP contribution in [0.2, 0.25) is 0 Å². The first-order valence-corrected chi connectivity index (χ1v) is 5.99. The molecule has 1 aromatic rings. The van der Waals surface area contributed by atoms with Gasteiger partial charge in [-0.1, -0.05) is 6.07 Å². The summed E-state index contributed by atoms with van der Waals surface area (Å²) in [6.07, 6.45) is 1.97. The van der Waals surface area contributed by atoms with Gasteiger partial charge in [0.1, 0.15) is 6.04 Å². The molecule has 0 amide bonds. The number of rotatable bonds is 5. The fourth-order valence-corrected chi connectivity index (χ4v) is 1.70. The van der Waals surface area contributed by atoms with Gasteiger partial charge in [0.2, 0.25) is 0 Å². The predicted octanol–water partition coefficient (Wildman–Crippen LogP) is 2.32. The summed E-state index contributed by atoms with van der Waals surface area (Å²) in [7, 11) is 0. The zero-order chi connectivity index (χ0) is 13.1. The van der Waals surface area contributed by atoms with Crippen LogP contribution in [0, 0.1) is 11.6 Å². The summed E-state index contributed by atoms with van der Waals surface area (Å²) in [5.74, 6) is -2.34. The summed E-state index contributed by atoms with van der Waals surface area (Å²) in [4.78, 5) is 11.8. The van der Waals surface area contributed by atoms with E-state index in [4.69, 9.17) is 4.74 Å². The Morgan fingerprint density at radius 2 is 2.17 bits per heavy atom. The highest BCUT2D eigenvalue weighted by atomic mass is 19.2. The quantitative estimate of drug-likeness (QED) is 0.821. The Kier molecular flexibility index (Phi) is 3.91. The topological polar surface area (TPSA) is 38.3 Å². The van der Waals surface area contributed by atoms with Crippen LogP contribution in [-0.2, 0) is 9.53 Å². The maximum Gasteiger partial charge on any atom is 0.327 e. The molecular weight excluding hydrogens is 240 g/mol. The van der Waals surface area contributed by atoms with E-state index < -0.39 is 23.6 Å². The minimum absolute atomic E-state index is 0.255. The lowest BCUT2D eigenvalue weighted by molar-refractivity contribution is -0.145. The monoisotopic (exact) mass is 255 g/mol. The molecule has 0 saturated heterocycles. The van der Waals surface area contributed by atoms with E-state index in [1.54, 1.807) is 6.92 Å². The molecule has 3 nitrogen and oxygen atoms in total. The average molecular weight is 255 g/mol. The van der Waals surface area contributed by atoms with Crippen molar-refractivity contribution in [3.63, 3.8) is 0 Å². The van der Waals surface area contributed by atoms with Gasteiger partial charge < -0.3 is 4.74 Å². The lowest BCUT2D eigenvalue weighted by atomic mass is 10.1. The van der Waals surface area contributed by atoms with Crippen molar-refractivity contribution in [3.05, 3.63) is 35.4 Å². The summed E-state index contributed by atoms with van der Waals surface area (Å²) < 4.78 is 31.0. The molecule has 1 fully saturated rings. The van der Waals surface area contributed by atoms with Crippen molar-refractivity contribution in [2.24, 2.45) is 0 Å². The van der Waals surface area contributed by atoms with E-state index in [2.05, 4.69) is 5.32 Å². The van der Waals surface area contributed by atoms with Crippen molar-refractivity contribution in [2.75, 3.05) is 6.61 Å². The van der Waals surface area contributed by atoms with Crippen LogP contribution in [0.1, 0.15) is 31.4 Å². The zero-order valence-corrected chi connectivity index (χ0v) is 10.1. The molecule has 0 radical (unpaired) electrons. The molecule has 0 heterocycles. The van der Waals surface area contributed by atoms with Crippen molar-refractivity contribution < 1.29 is 18.3 Å². The van der Waals surface area contributed by atoms with Gasteiger partial charge >= 0.3 is 5.97 Å². The molecule has 2 rings (SSSR count). The Morgan fingerprint density at radius 3 is 2.72 bits per heavy atom. The number of halogens is 2. The Labute approximate surface area is 104 Å². The summed E-state index contributed by atoms with van der Waals surface area (Å²) in [6.45, 7) is 1.96. The molecule has 0 spiro atoms. The number of esters is 1. The van der Waals surface area contributed by atoms with Gasteiger partial charge in [-0.2, -0.15) is 0 Å². The van der Waals surface area contributed by atoms with Gasteiger partial charge in [0.25, 0.3) is 0 Å². The van der Waals surface area contributed by atoms with Crippen molar-refractivity contribution in [1.82, 2.24) is 5.32 Å². The lowest BCUT2D eigenvalue weighted by Gasteiger charge is -2.17. The van der Waals surface area contributed by atoms with Gasteiger partial charge in [0, 0.05) is 6.04 Å². The zero-order valence-electron chi connectivity index (χ0n) is 10.1. The molecule has 1 unspecified atom stereocenters. The highest BCUT2D eigenvalue weighted by Gasteiger charge is 2.30. The SMILES string of the molecule is CCOC(=O)C(NC1CC1)c1ccc(F)c(F)c1. The normalized spacial score (nSPS) is 16.4. The molecule has 1 saturated carbocycles. The first-order chi connectivity index (χ1) is 8.61. The molecule has 98 valence electrons. The molecule has 0 bridgehead atoms. The van der Waals surface area contributed by atoms with Crippen molar-refractivity contribution in [1.29, 1.82) is 0 Å². The average Bonchev–Trinajstić information content (AvgIpc) is 3.14. The van der Waals surface area contributed by atoms with Crippen LogP contribution in [0.5, 0.6) is 0 Å². The van der Waals surface area contributed by atoms with Crippen LogP contribution in [0.25, 0.3) is 0 Å². The number of nitrogens with one attached hydrogen (secondary N) is 1. The van der Waals surface area contributed by atoms with Crippen LogP contribution < -0.4 is 5.32 Å². The third kappa shape index (κ3) is 3.04. The summed E-state index contributed by atoms with van der Waals surface area (Å²) in [5, 5.41) is 3.07. The minimum Gasteiger partial charge on any atom is -0.465 e. The smallest absolute Gasteiger partial charge is 0.327 e. The second kappa shape index (κ2) is 5.44. The standard InChI is InChI=1S/C13H15F2NO2/c1-2-18-13(17)12(16-9-4-5-9)8-3-6-10(14)11(15)7-8/h3,6-7,9,12,16H,2,4-5H2,1H3. The Morgan fingerprint density at radius 1 is 1.44 bits per heavy atom.